The van der Waals surface area contributed by atoms with Crippen LogP contribution in [0.25, 0.3) is 0 Å². The van der Waals surface area contributed by atoms with Gasteiger partial charge in [0.25, 0.3) is 0 Å². The van der Waals surface area contributed by atoms with E-state index in [2.05, 4.69) is 0 Å². The summed E-state index contributed by atoms with van der Waals surface area (Å²) in [7, 11) is 0. The monoisotopic (exact) mass is 184 g/mol. The van der Waals surface area contributed by atoms with Gasteiger partial charge >= 0.3 is 5.97 Å². The van der Waals surface area contributed by atoms with Crippen molar-refractivity contribution in [3.05, 3.63) is 0 Å². The Balaban J connectivity index is 3.44. The number of halogens is 2. The Hall–Kier alpha value is 0.0500. The SMILES string of the molecule is CC(C)OC(=O)CC(Cl)Cl. The first-order valence-corrected chi connectivity index (χ1v) is 3.87. The number of hydrogen-bond acceptors (Lipinski definition) is 2. The van der Waals surface area contributed by atoms with Gasteiger partial charge in [-0.25, -0.2) is 0 Å². The van der Waals surface area contributed by atoms with Crippen molar-refractivity contribution >= 4 is 29.2 Å². The molecule has 0 heterocycles. The van der Waals surface area contributed by atoms with Crippen LogP contribution in [0.4, 0.5) is 0 Å². The molecule has 0 bridgehead atoms. The lowest BCUT2D eigenvalue weighted by molar-refractivity contribution is -0.147. The van der Waals surface area contributed by atoms with E-state index >= 15 is 0 Å². The summed E-state index contributed by atoms with van der Waals surface area (Å²) in [5.41, 5.74) is 0. The average Bonchev–Trinajstić information content (AvgIpc) is 1.58. The van der Waals surface area contributed by atoms with Crippen molar-refractivity contribution < 1.29 is 9.53 Å². The molecule has 0 radical (unpaired) electrons. The minimum Gasteiger partial charge on any atom is -0.463 e. The highest BCUT2D eigenvalue weighted by Gasteiger charge is 2.09. The molecule has 0 aliphatic rings. The molecular formula is C6H10Cl2O2. The molecule has 4 heteroatoms. The summed E-state index contributed by atoms with van der Waals surface area (Å²) in [5.74, 6) is -0.356. The number of esters is 1. The molecule has 0 unspecified atom stereocenters. The van der Waals surface area contributed by atoms with Crippen LogP contribution in [-0.2, 0) is 9.53 Å². The van der Waals surface area contributed by atoms with Crippen LogP contribution in [-0.4, -0.2) is 16.9 Å². The molecule has 0 aromatic heterocycles. The summed E-state index contributed by atoms with van der Waals surface area (Å²) in [6, 6.07) is 0. The molecule has 0 amide bonds. The standard InChI is InChI=1S/C6H10Cl2O2/c1-4(2)10-6(9)3-5(7)8/h4-5H,3H2,1-2H3. The molecule has 2 nitrogen and oxygen atoms in total. The average molecular weight is 185 g/mol. The van der Waals surface area contributed by atoms with Crippen molar-refractivity contribution in [2.45, 2.75) is 31.2 Å². The third-order valence-corrected chi connectivity index (χ3v) is 0.997. The maximum Gasteiger partial charge on any atom is 0.308 e. The predicted octanol–water partition coefficient (Wildman–Crippen LogP) is 2.13. The Morgan fingerprint density at radius 3 is 2.30 bits per heavy atom. The van der Waals surface area contributed by atoms with Crippen molar-refractivity contribution in [1.29, 1.82) is 0 Å². The smallest absolute Gasteiger partial charge is 0.308 e. The largest absolute Gasteiger partial charge is 0.463 e. The molecule has 0 aliphatic heterocycles. The Morgan fingerprint density at radius 1 is 1.50 bits per heavy atom. The highest BCUT2D eigenvalue weighted by Crippen LogP contribution is 2.08. The van der Waals surface area contributed by atoms with Gasteiger partial charge in [-0.1, -0.05) is 0 Å². The Morgan fingerprint density at radius 2 is 2.00 bits per heavy atom. The van der Waals surface area contributed by atoms with Gasteiger partial charge < -0.3 is 4.74 Å². The Bertz CT molecular complexity index is 100. The fourth-order valence-corrected chi connectivity index (χ4v) is 0.689. The highest BCUT2D eigenvalue weighted by atomic mass is 35.5. The van der Waals surface area contributed by atoms with Crippen LogP contribution >= 0.6 is 23.2 Å². The van der Waals surface area contributed by atoms with Crippen molar-refractivity contribution in [3.63, 3.8) is 0 Å². The lowest BCUT2D eigenvalue weighted by Crippen LogP contribution is -2.13. The van der Waals surface area contributed by atoms with Crippen molar-refractivity contribution in [2.75, 3.05) is 0 Å². The molecule has 0 aromatic rings. The normalized spacial score (nSPS) is 10.6. The number of ether oxygens (including phenoxy) is 1. The van der Waals surface area contributed by atoms with E-state index < -0.39 is 4.84 Å². The Labute approximate surface area is 70.4 Å². The van der Waals surface area contributed by atoms with Gasteiger partial charge in [0.15, 0.2) is 0 Å². The number of rotatable bonds is 3. The summed E-state index contributed by atoms with van der Waals surface area (Å²) in [6.45, 7) is 3.55. The quantitative estimate of drug-likeness (QED) is 0.497. The predicted molar refractivity (Wildman–Crippen MR) is 41.3 cm³/mol. The highest BCUT2D eigenvalue weighted by molar-refractivity contribution is 6.45. The second-order valence-corrected chi connectivity index (χ2v) is 3.41. The maximum atomic E-state index is 10.7. The van der Waals surface area contributed by atoms with Gasteiger partial charge in [-0.2, -0.15) is 0 Å². The van der Waals surface area contributed by atoms with Gasteiger partial charge in [-0.15, -0.1) is 23.2 Å². The zero-order valence-electron chi connectivity index (χ0n) is 5.93. The van der Waals surface area contributed by atoms with E-state index in [0.29, 0.717) is 0 Å². The molecule has 0 spiro atoms. The van der Waals surface area contributed by atoms with Crippen LogP contribution in [0.3, 0.4) is 0 Å². The second kappa shape index (κ2) is 4.80. The van der Waals surface area contributed by atoms with Crippen LogP contribution in [0, 0.1) is 0 Å². The minimum atomic E-state index is -0.661. The molecular weight excluding hydrogens is 175 g/mol. The maximum absolute atomic E-state index is 10.7. The fraction of sp³-hybridized carbons (Fsp3) is 0.833. The summed E-state index contributed by atoms with van der Waals surface area (Å²) < 4.78 is 4.75. The van der Waals surface area contributed by atoms with Crippen molar-refractivity contribution in [1.82, 2.24) is 0 Å². The van der Waals surface area contributed by atoms with Gasteiger partial charge in [-0.3, -0.25) is 4.79 Å². The summed E-state index contributed by atoms with van der Waals surface area (Å²) in [5, 5.41) is 0. The van der Waals surface area contributed by atoms with E-state index in [1.54, 1.807) is 13.8 Å². The molecule has 0 aliphatic carbocycles. The van der Waals surface area contributed by atoms with E-state index in [1.807, 2.05) is 0 Å². The van der Waals surface area contributed by atoms with Gasteiger partial charge in [0.2, 0.25) is 0 Å². The van der Waals surface area contributed by atoms with Crippen molar-refractivity contribution in [3.8, 4) is 0 Å². The lowest BCUT2D eigenvalue weighted by atomic mass is 10.4. The van der Waals surface area contributed by atoms with Crippen LogP contribution in [0.15, 0.2) is 0 Å². The summed E-state index contributed by atoms with van der Waals surface area (Å²) in [4.78, 5) is 10.0. The molecule has 0 fully saturated rings. The molecule has 0 N–H and O–H groups in total. The van der Waals surface area contributed by atoms with E-state index in [1.165, 1.54) is 0 Å². The van der Waals surface area contributed by atoms with Crippen LogP contribution in [0.2, 0.25) is 0 Å². The molecule has 0 rings (SSSR count). The first kappa shape index (κ1) is 10.0. The number of carbonyl (C=O) groups is 1. The summed E-state index contributed by atoms with van der Waals surface area (Å²) >= 11 is 10.6. The van der Waals surface area contributed by atoms with Gasteiger partial charge in [0.1, 0.15) is 4.84 Å². The third-order valence-electron chi connectivity index (χ3n) is 0.688. The van der Waals surface area contributed by atoms with Crippen LogP contribution < -0.4 is 0 Å². The number of alkyl halides is 2. The van der Waals surface area contributed by atoms with Gasteiger partial charge in [0.05, 0.1) is 12.5 Å². The minimum absolute atomic E-state index is 0.0568. The third kappa shape index (κ3) is 6.17. The first-order chi connectivity index (χ1) is 4.52. The zero-order chi connectivity index (χ0) is 8.15. The van der Waals surface area contributed by atoms with Crippen LogP contribution in [0.5, 0.6) is 0 Å². The van der Waals surface area contributed by atoms with E-state index in [-0.39, 0.29) is 18.5 Å². The van der Waals surface area contributed by atoms with E-state index in [9.17, 15) is 4.79 Å². The number of hydrogen-bond donors (Lipinski definition) is 0. The molecule has 10 heavy (non-hydrogen) atoms. The van der Waals surface area contributed by atoms with Gasteiger partial charge in [-0.05, 0) is 13.8 Å². The van der Waals surface area contributed by atoms with Crippen LogP contribution in [0.1, 0.15) is 20.3 Å². The second-order valence-electron chi connectivity index (χ2n) is 2.13. The van der Waals surface area contributed by atoms with E-state index in [0.717, 1.165) is 0 Å². The number of carbonyl (C=O) groups excluding carboxylic acids is 1. The van der Waals surface area contributed by atoms with Gasteiger partial charge in [0, 0.05) is 0 Å². The topological polar surface area (TPSA) is 26.3 Å². The lowest BCUT2D eigenvalue weighted by Gasteiger charge is -2.07. The fourth-order valence-electron chi connectivity index (χ4n) is 0.437. The van der Waals surface area contributed by atoms with Crippen molar-refractivity contribution in [2.24, 2.45) is 0 Å². The summed E-state index contributed by atoms with van der Waals surface area (Å²) in [6.07, 6.45) is -0.0408. The molecule has 60 valence electrons. The zero-order valence-corrected chi connectivity index (χ0v) is 7.45. The first-order valence-electron chi connectivity index (χ1n) is 3.00. The molecule has 0 aromatic carbocycles. The Kier molecular flexibility index (Phi) is 4.83. The van der Waals surface area contributed by atoms with E-state index in [4.69, 9.17) is 27.9 Å². The molecule has 0 saturated carbocycles. The molecule has 0 atom stereocenters. The molecule has 0 saturated heterocycles.